The van der Waals surface area contributed by atoms with Crippen LogP contribution in [0, 0.1) is 5.82 Å². The number of ketones is 1. The Morgan fingerprint density at radius 1 is 1.24 bits per heavy atom. The van der Waals surface area contributed by atoms with Crippen LogP contribution in [0.15, 0.2) is 51.8 Å². The van der Waals surface area contributed by atoms with E-state index in [9.17, 15) is 14.0 Å². The molecule has 0 spiro atoms. The molecule has 3 aromatic rings. The second-order valence-corrected chi connectivity index (χ2v) is 4.52. The summed E-state index contributed by atoms with van der Waals surface area (Å²) in [5, 5.41) is 0. The number of hydrogen-bond donors (Lipinski definition) is 0. The van der Waals surface area contributed by atoms with Crippen LogP contribution in [0.25, 0.3) is 11.2 Å². The van der Waals surface area contributed by atoms with E-state index in [0.29, 0.717) is 16.8 Å². The predicted octanol–water partition coefficient (Wildman–Crippen LogP) is 2.40. The van der Waals surface area contributed by atoms with Crippen molar-refractivity contribution >= 4 is 17.0 Å². The Bertz CT molecular complexity index is 849. The third kappa shape index (κ3) is 2.60. The quantitative estimate of drug-likeness (QED) is 0.691. The van der Waals surface area contributed by atoms with Crippen molar-refractivity contribution in [1.82, 2.24) is 9.55 Å². The molecule has 1 aromatic carbocycles. The number of Topliss-reactive ketones (excluding diaryl/α,β-unsaturated/α-hetero) is 1. The highest BCUT2D eigenvalue weighted by atomic mass is 19.1. The summed E-state index contributed by atoms with van der Waals surface area (Å²) in [5.41, 5.74) is 1.20. The minimum absolute atomic E-state index is 0.108. The van der Waals surface area contributed by atoms with Crippen molar-refractivity contribution in [2.75, 3.05) is 0 Å². The Kier molecular flexibility index (Phi) is 3.35. The topological polar surface area (TPSA) is 65.1 Å². The van der Waals surface area contributed by atoms with Gasteiger partial charge in [0.15, 0.2) is 17.0 Å². The van der Waals surface area contributed by atoms with E-state index < -0.39 is 11.6 Å². The standard InChI is InChI=1S/C15H11FN2O3/c16-11-5-3-10(4-6-11)12(19)7-9-18-14-13(21-15(18)20)2-1-8-17-14/h1-6,8H,7,9H2. The maximum Gasteiger partial charge on any atom is 0.421 e. The number of carbonyl (C=O) groups excluding carboxylic acids is 1. The summed E-state index contributed by atoms with van der Waals surface area (Å²) in [6.45, 7) is 0.166. The molecule has 0 N–H and O–H groups in total. The van der Waals surface area contributed by atoms with Crippen molar-refractivity contribution in [3.63, 3.8) is 0 Å². The van der Waals surface area contributed by atoms with Crippen molar-refractivity contribution < 1.29 is 13.6 Å². The van der Waals surface area contributed by atoms with Gasteiger partial charge in [0.2, 0.25) is 0 Å². The number of carbonyl (C=O) groups is 1. The Morgan fingerprint density at radius 2 is 2.00 bits per heavy atom. The molecule has 0 radical (unpaired) electrons. The highest BCUT2D eigenvalue weighted by Gasteiger charge is 2.12. The lowest BCUT2D eigenvalue weighted by molar-refractivity contribution is 0.0977. The van der Waals surface area contributed by atoms with Crippen LogP contribution in [0.2, 0.25) is 0 Å². The summed E-state index contributed by atoms with van der Waals surface area (Å²) < 4.78 is 19.2. The fourth-order valence-electron chi connectivity index (χ4n) is 2.09. The normalized spacial score (nSPS) is 10.9. The predicted molar refractivity (Wildman–Crippen MR) is 73.6 cm³/mol. The van der Waals surface area contributed by atoms with Crippen LogP contribution in [0.5, 0.6) is 0 Å². The van der Waals surface area contributed by atoms with Crippen molar-refractivity contribution in [3.05, 3.63) is 64.5 Å². The van der Waals surface area contributed by atoms with E-state index in [4.69, 9.17) is 4.42 Å². The molecular formula is C15H11FN2O3. The Hall–Kier alpha value is -2.76. The van der Waals surface area contributed by atoms with Crippen molar-refractivity contribution in [1.29, 1.82) is 0 Å². The SMILES string of the molecule is O=C(CCn1c(=O)oc2cccnc21)c1ccc(F)cc1. The molecule has 0 aliphatic carbocycles. The fraction of sp³-hybridized carbons (Fsp3) is 0.133. The van der Waals surface area contributed by atoms with Gasteiger partial charge in [0, 0.05) is 24.7 Å². The lowest BCUT2D eigenvalue weighted by Crippen LogP contribution is -2.17. The zero-order valence-electron chi connectivity index (χ0n) is 11.0. The lowest BCUT2D eigenvalue weighted by atomic mass is 10.1. The molecular weight excluding hydrogens is 275 g/mol. The number of nitrogens with zero attached hydrogens (tertiary/aromatic N) is 2. The number of oxazole rings is 1. The first-order chi connectivity index (χ1) is 10.1. The van der Waals surface area contributed by atoms with Crippen LogP contribution in [-0.2, 0) is 6.54 Å². The van der Waals surface area contributed by atoms with E-state index >= 15 is 0 Å². The molecule has 0 amide bonds. The van der Waals surface area contributed by atoms with Crippen LogP contribution in [0.1, 0.15) is 16.8 Å². The van der Waals surface area contributed by atoms with E-state index in [-0.39, 0.29) is 18.7 Å². The van der Waals surface area contributed by atoms with Gasteiger partial charge < -0.3 is 4.42 Å². The molecule has 5 nitrogen and oxygen atoms in total. The molecule has 6 heteroatoms. The van der Waals surface area contributed by atoms with Crippen LogP contribution in [0.3, 0.4) is 0 Å². The Morgan fingerprint density at radius 3 is 2.76 bits per heavy atom. The molecule has 3 rings (SSSR count). The minimum Gasteiger partial charge on any atom is -0.406 e. The van der Waals surface area contributed by atoms with Gasteiger partial charge in [-0.15, -0.1) is 0 Å². The van der Waals surface area contributed by atoms with E-state index in [1.165, 1.54) is 28.8 Å². The van der Waals surface area contributed by atoms with Crippen molar-refractivity contribution in [2.45, 2.75) is 13.0 Å². The van der Waals surface area contributed by atoms with Gasteiger partial charge in [0.05, 0.1) is 0 Å². The second kappa shape index (κ2) is 5.32. The zero-order valence-corrected chi connectivity index (χ0v) is 11.0. The molecule has 106 valence electrons. The summed E-state index contributed by atoms with van der Waals surface area (Å²) >= 11 is 0. The van der Waals surface area contributed by atoms with Gasteiger partial charge in [0.1, 0.15) is 5.82 Å². The number of hydrogen-bond acceptors (Lipinski definition) is 4. The average Bonchev–Trinajstić information content (AvgIpc) is 2.81. The molecule has 0 aliphatic heterocycles. The van der Waals surface area contributed by atoms with Gasteiger partial charge in [-0.2, -0.15) is 0 Å². The Labute approximate surface area is 118 Å². The maximum absolute atomic E-state index is 12.8. The number of rotatable bonds is 4. The van der Waals surface area contributed by atoms with E-state index in [1.807, 2.05) is 0 Å². The molecule has 0 aliphatic rings. The van der Waals surface area contributed by atoms with E-state index in [1.54, 1.807) is 18.3 Å². The molecule has 0 fully saturated rings. The van der Waals surface area contributed by atoms with Gasteiger partial charge in [-0.25, -0.2) is 14.2 Å². The molecule has 0 atom stereocenters. The van der Waals surface area contributed by atoms with Crippen molar-refractivity contribution in [3.8, 4) is 0 Å². The minimum atomic E-state index is -0.546. The summed E-state index contributed by atoms with van der Waals surface area (Å²) in [7, 11) is 0. The number of aromatic nitrogens is 2. The number of fused-ring (bicyclic) bond motifs is 1. The van der Waals surface area contributed by atoms with Crippen molar-refractivity contribution in [2.24, 2.45) is 0 Å². The van der Waals surface area contributed by atoms with Gasteiger partial charge in [-0.05, 0) is 36.4 Å². The smallest absolute Gasteiger partial charge is 0.406 e. The highest BCUT2D eigenvalue weighted by molar-refractivity contribution is 5.96. The number of aryl methyl sites for hydroxylation is 1. The van der Waals surface area contributed by atoms with Gasteiger partial charge in [0.25, 0.3) is 0 Å². The third-order valence-corrected chi connectivity index (χ3v) is 3.15. The number of halogens is 1. The van der Waals surface area contributed by atoms with E-state index in [0.717, 1.165) is 0 Å². The largest absolute Gasteiger partial charge is 0.421 e. The summed E-state index contributed by atoms with van der Waals surface area (Å²) in [6.07, 6.45) is 1.66. The summed E-state index contributed by atoms with van der Waals surface area (Å²) in [5.74, 6) is -1.12. The summed E-state index contributed by atoms with van der Waals surface area (Å²) in [6, 6.07) is 8.61. The Balaban J connectivity index is 1.80. The van der Waals surface area contributed by atoms with E-state index in [2.05, 4.69) is 4.98 Å². The third-order valence-electron chi connectivity index (χ3n) is 3.15. The zero-order chi connectivity index (χ0) is 14.8. The molecule has 0 unspecified atom stereocenters. The van der Waals surface area contributed by atoms with Gasteiger partial charge >= 0.3 is 5.76 Å². The van der Waals surface area contributed by atoms with Crippen LogP contribution in [-0.4, -0.2) is 15.3 Å². The maximum atomic E-state index is 12.8. The molecule has 21 heavy (non-hydrogen) atoms. The molecule has 2 heterocycles. The monoisotopic (exact) mass is 286 g/mol. The second-order valence-electron chi connectivity index (χ2n) is 4.52. The molecule has 2 aromatic heterocycles. The van der Waals surface area contributed by atoms with Gasteiger partial charge in [-0.3, -0.25) is 9.36 Å². The number of pyridine rings is 1. The van der Waals surface area contributed by atoms with Gasteiger partial charge in [-0.1, -0.05) is 0 Å². The fourth-order valence-corrected chi connectivity index (χ4v) is 2.09. The first kappa shape index (κ1) is 13.2. The molecule has 0 saturated carbocycles. The lowest BCUT2D eigenvalue weighted by Gasteiger charge is -2.02. The highest BCUT2D eigenvalue weighted by Crippen LogP contribution is 2.11. The average molecular weight is 286 g/mol. The van der Waals surface area contributed by atoms with Crippen LogP contribution < -0.4 is 5.76 Å². The number of benzene rings is 1. The molecule has 0 saturated heterocycles. The van der Waals surface area contributed by atoms with Crippen LogP contribution in [0.4, 0.5) is 4.39 Å². The van der Waals surface area contributed by atoms with Crippen LogP contribution >= 0.6 is 0 Å². The molecule has 0 bridgehead atoms. The first-order valence-corrected chi connectivity index (χ1v) is 6.38. The first-order valence-electron chi connectivity index (χ1n) is 6.38. The summed E-state index contributed by atoms with van der Waals surface area (Å²) in [4.78, 5) is 27.8.